The molecule has 2 fully saturated rings. The number of nitrogens with one attached hydrogen (secondary N) is 1. The van der Waals surface area contributed by atoms with Crippen LogP contribution in [0, 0.1) is 5.92 Å². The van der Waals surface area contributed by atoms with Crippen LogP contribution in [0.2, 0.25) is 0 Å². The van der Waals surface area contributed by atoms with Crippen molar-refractivity contribution in [3.05, 3.63) is 54.1 Å². The molecular formula is C22H27N3O4S. The highest BCUT2D eigenvalue weighted by Crippen LogP contribution is 2.25. The van der Waals surface area contributed by atoms with Crippen molar-refractivity contribution in [3.8, 4) is 0 Å². The maximum atomic E-state index is 12.7. The van der Waals surface area contributed by atoms with Gasteiger partial charge in [0.2, 0.25) is 10.0 Å². The lowest BCUT2D eigenvalue weighted by Gasteiger charge is -2.26. The van der Waals surface area contributed by atoms with E-state index in [-0.39, 0.29) is 10.8 Å². The molecule has 0 bridgehead atoms. The van der Waals surface area contributed by atoms with Crippen LogP contribution in [0.3, 0.4) is 0 Å². The quantitative estimate of drug-likeness (QED) is 0.791. The Hall–Kier alpha value is -2.42. The molecule has 1 unspecified atom stereocenters. The van der Waals surface area contributed by atoms with E-state index in [0.717, 1.165) is 18.8 Å². The van der Waals surface area contributed by atoms with Crippen molar-refractivity contribution in [1.82, 2.24) is 4.31 Å². The Kier molecular flexibility index (Phi) is 6.08. The first-order valence-corrected chi connectivity index (χ1v) is 11.7. The molecule has 2 saturated heterocycles. The Balaban J connectivity index is 1.40. The van der Waals surface area contributed by atoms with Crippen LogP contribution in [0.15, 0.2) is 53.4 Å². The number of sulfonamides is 1. The summed E-state index contributed by atoms with van der Waals surface area (Å²) in [6, 6.07) is 13.9. The van der Waals surface area contributed by atoms with E-state index in [4.69, 9.17) is 4.74 Å². The summed E-state index contributed by atoms with van der Waals surface area (Å²) in [6.45, 7) is 5.86. The van der Waals surface area contributed by atoms with E-state index in [1.165, 1.54) is 22.9 Å². The van der Waals surface area contributed by atoms with E-state index in [1.807, 2.05) is 24.3 Å². The van der Waals surface area contributed by atoms with Crippen LogP contribution in [-0.2, 0) is 14.8 Å². The number of morpholine rings is 1. The number of rotatable bonds is 5. The first-order chi connectivity index (χ1) is 14.4. The van der Waals surface area contributed by atoms with Crippen molar-refractivity contribution in [2.75, 3.05) is 49.6 Å². The number of benzene rings is 2. The Labute approximate surface area is 177 Å². The van der Waals surface area contributed by atoms with Gasteiger partial charge in [-0.05, 0) is 60.9 Å². The predicted octanol–water partition coefficient (Wildman–Crippen LogP) is 2.81. The van der Waals surface area contributed by atoms with Crippen molar-refractivity contribution in [2.24, 2.45) is 5.92 Å². The monoisotopic (exact) mass is 429 g/mol. The lowest BCUT2D eigenvalue weighted by molar-refractivity contribution is 0.0730. The largest absolute Gasteiger partial charge is 0.379 e. The molecule has 0 aromatic heterocycles. The average Bonchev–Trinajstić information content (AvgIpc) is 3.21. The summed E-state index contributed by atoms with van der Waals surface area (Å²) in [4.78, 5) is 15.1. The molecule has 160 valence electrons. The van der Waals surface area contributed by atoms with Gasteiger partial charge < -0.3 is 15.0 Å². The number of carbonyl (C=O) groups is 1. The van der Waals surface area contributed by atoms with Gasteiger partial charge in [-0.25, -0.2) is 8.42 Å². The zero-order valence-corrected chi connectivity index (χ0v) is 17.9. The molecule has 7 nitrogen and oxygen atoms in total. The molecule has 0 spiro atoms. The van der Waals surface area contributed by atoms with E-state index in [2.05, 4.69) is 17.1 Å². The summed E-state index contributed by atoms with van der Waals surface area (Å²) in [5.74, 6) is 0.437. The van der Waals surface area contributed by atoms with Gasteiger partial charge in [0.1, 0.15) is 0 Å². The first kappa shape index (κ1) is 20.8. The normalized spacial score (nSPS) is 20.3. The third kappa shape index (κ3) is 4.50. The van der Waals surface area contributed by atoms with Crippen molar-refractivity contribution in [3.63, 3.8) is 0 Å². The maximum Gasteiger partial charge on any atom is 0.255 e. The minimum absolute atomic E-state index is 0.185. The topological polar surface area (TPSA) is 79.0 Å². The van der Waals surface area contributed by atoms with Crippen LogP contribution in [0.4, 0.5) is 11.4 Å². The summed E-state index contributed by atoms with van der Waals surface area (Å²) in [7, 11) is -3.56. The van der Waals surface area contributed by atoms with E-state index >= 15 is 0 Å². The second-order valence-corrected chi connectivity index (χ2v) is 9.82. The minimum Gasteiger partial charge on any atom is -0.379 e. The number of amides is 1. The highest BCUT2D eigenvalue weighted by atomic mass is 32.2. The van der Waals surface area contributed by atoms with E-state index in [1.54, 1.807) is 12.1 Å². The third-order valence-electron chi connectivity index (χ3n) is 5.64. The molecule has 0 aliphatic carbocycles. The number of hydrogen-bond acceptors (Lipinski definition) is 5. The highest BCUT2D eigenvalue weighted by molar-refractivity contribution is 7.89. The van der Waals surface area contributed by atoms with E-state index < -0.39 is 10.0 Å². The van der Waals surface area contributed by atoms with E-state index in [0.29, 0.717) is 43.5 Å². The highest BCUT2D eigenvalue weighted by Gasteiger charge is 2.26. The van der Waals surface area contributed by atoms with Gasteiger partial charge in [-0.1, -0.05) is 6.92 Å². The van der Waals surface area contributed by atoms with Crippen molar-refractivity contribution in [2.45, 2.75) is 18.2 Å². The first-order valence-electron chi connectivity index (χ1n) is 10.3. The van der Waals surface area contributed by atoms with Gasteiger partial charge in [-0.15, -0.1) is 0 Å². The summed E-state index contributed by atoms with van der Waals surface area (Å²) in [5.41, 5.74) is 2.28. The molecule has 2 aliphatic heterocycles. The summed E-state index contributed by atoms with van der Waals surface area (Å²) >= 11 is 0. The van der Waals surface area contributed by atoms with Gasteiger partial charge in [-0.3, -0.25) is 4.79 Å². The Bertz CT molecular complexity index is 984. The summed E-state index contributed by atoms with van der Waals surface area (Å²) < 4.78 is 32.0. The molecule has 0 radical (unpaired) electrons. The fourth-order valence-corrected chi connectivity index (χ4v) is 5.25. The fourth-order valence-electron chi connectivity index (χ4n) is 3.84. The molecule has 1 amide bonds. The van der Waals surface area contributed by atoms with Gasteiger partial charge >= 0.3 is 0 Å². The van der Waals surface area contributed by atoms with Crippen LogP contribution in [0.25, 0.3) is 0 Å². The van der Waals surface area contributed by atoms with Gasteiger partial charge in [-0.2, -0.15) is 4.31 Å². The summed E-state index contributed by atoms with van der Waals surface area (Å²) in [6.07, 6.45) is 1.20. The number of carbonyl (C=O) groups excluding carboxylic acids is 1. The van der Waals surface area contributed by atoms with Gasteiger partial charge in [0.05, 0.1) is 18.1 Å². The average molecular weight is 430 g/mol. The molecule has 1 atom stereocenters. The predicted molar refractivity (Wildman–Crippen MR) is 116 cm³/mol. The Morgan fingerprint density at radius 2 is 1.67 bits per heavy atom. The molecule has 30 heavy (non-hydrogen) atoms. The van der Waals surface area contributed by atoms with Crippen molar-refractivity contribution >= 4 is 27.3 Å². The maximum absolute atomic E-state index is 12.7. The molecular weight excluding hydrogens is 402 g/mol. The fraction of sp³-hybridized carbons (Fsp3) is 0.409. The second kappa shape index (κ2) is 8.75. The van der Waals surface area contributed by atoms with Crippen LogP contribution in [0.5, 0.6) is 0 Å². The van der Waals surface area contributed by atoms with Crippen LogP contribution in [-0.4, -0.2) is 58.0 Å². The lowest BCUT2D eigenvalue weighted by Crippen LogP contribution is -2.40. The van der Waals surface area contributed by atoms with Gasteiger partial charge in [0, 0.05) is 43.1 Å². The smallest absolute Gasteiger partial charge is 0.255 e. The standard InChI is InChI=1S/C22H27N3O4S/c1-17-10-11-24(16-17)20-6-4-19(5-7-20)23-22(26)18-2-8-21(9-3-18)30(27,28)25-12-14-29-15-13-25/h2-9,17H,10-16H2,1H3,(H,23,26). The molecule has 2 aliphatic rings. The lowest BCUT2D eigenvalue weighted by atomic mass is 10.2. The minimum atomic E-state index is -3.56. The van der Waals surface area contributed by atoms with Crippen LogP contribution in [0.1, 0.15) is 23.7 Å². The molecule has 2 aromatic rings. The van der Waals surface area contributed by atoms with Crippen LogP contribution < -0.4 is 10.2 Å². The third-order valence-corrected chi connectivity index (χ3v) is 7.55. The molecule has 1 N–H and O–H groups in total. The Morgan fingerprint density at radius 1 is 1.00 bits per heavy atom. The molecule has 2 aromatic carbocycles. The zero-order chi connectivity index (χ0) is 21.1. The number of hydrogen-bond donors (Lipinski definition) is 1. The second-order valence-electron chi connectivity index (χ2n) is 7.88. The number of nitrogens with zero attached hydrogens (tertiary/aromatic N) is 2. The Morgan fingerprint density at radius 3 is 2.27 bits per heavy atom. The van der Waals surface area contributed by atoms with Gasteiger partial charge in [0.15, 0.2) is 0 Å². The summed E-state index contributed by atoms with van der Waals surface area (Å²) in [5, 5.41) is 2.87. The SMILES string of the molecule is CC1CCN(c2ccc(NC(=O)c3ccc(S(=O)(=O)N4CCOCC4)cc3)cc2)C1. The van der Waals surface area contributed by atoms with Crippen molar-refractivity contribution in [1.29, 1.82) is 0 Å². The van der Waals surface area contributed by atoms with Gasteiger partial charge in [0.25, 0.3) is 5.91 Å². The molecule has 2 heterocycles. The van der Waals surface area contributed by atoms with E-state index in [9.17, 15) is 13.2 Å². The van der Waals surface area contributed by atoms with Crippen LogP contribution >= 0.6 is 0 Å². The van der Waals surface area contributed by atoms with Crippen molar-refractivity contribution < 1.29 is 17.9 Å². The zero-order valence-electron chi connectivity index (χ0n) is 17.1. The molecule has 4 rings (SSSR count). The molecule has 0 saturated carbocycles. The number of anilines is 2. The molecule has 8 heteroatoms. The number of ether oxygens (including phenoxy) is 1.